The lowest BCUT2D eigenvalue weighted by Gasteiger charge is -2.12. The molecule has 192 valence electrons. The number of hydrogen-bond donors (Lipinski definition) is 3. The SMILES string of the molecule is C=C(/C=C\c1c(Nc2cc(-c3cscn3)ccc2OC)n[nH]c1C)[C@@H]1C[C@@]12C(=O)Nc1ccc(OC)cc12. The summed E-state index contributed by atoms with van der Waals surface area (Å²) in [5.41, 5.74) is 8.44. The van der Waals surface area contributed by atoms with Gasteiger partial charge in [-0.25, -0.2) is 4.98 Å². The molecule has 3 heterocycles. The van der Waals surface area contributed by atoms with Gasteiger partial charge in [0.15, 0.2) is 5.82 Å². The third-order valence-electron chi connectivity index (χ3n) is 7.41. The number of ether oxygens (including phenoxy) is 2. The van der Waals surface area contributed by atoms with Crippen LogP contribution in [0.25, 0.3) is 17.3 Å². The number of carbonyl (C=O) groups excluding carboxylic acids is 1. The minimum atomic E-state index is -0.582. The van der Waals surface area contributed by atoms with Crippen molar-refractivity contribution in [3.63, 3.8) is 0 Å². The van der Waals surface area contributed by atoms with E-state index < -0.39 is 5.41 Å². The van der Waals surface area contributed by atoms with Crippen molar-refractivity contribution in [3.8, 4) is 22.8 Å². The number of carbonyl (C=O) groups is 1. The fourth-order valence-corrected chi connectivity index (χ4v) is 5.80. The Hall–Kier alpha value is -4.37. The minimum absolute atomic E-state index is 0.0191. The number of aromatic nitrogens is 3. The highest BCUT2D eigenvalue weighted by atomic mass is 32.1. The van der Waals surface area contributed by atoms with Crippen LogP contribution >= 0.6 is 11.3 Å². The van der Waals surface area contributed by atoms with Crippen LogP contribution in [0, 0.1) is 12.8 Å². The highest BCUT2D eigenvalue weighted by Gasteiger charge is 2.65. The molecular formula is C29H27N5O3S. The number of methoxy groups -OCH3 is 2. The van der Waals surface area contributed by atoms with Gasteiger partial charge in [0.1, 0.15) is 11.5 Å². The first-order chi connectivity index (χ1) is 18.4. The number of thiazole rings is 1. The van der Waals surface area contributed by atoms with Gasteiger partial charge in [-0.05, 0) is 61.4 Å². The molecule has 2 aromatic heterocycles. The molecule has 2 aromatic carbocycles. The molecule has 2 atom stereocenters. The maximum atomic E-state index is 13.0. The molecule has 1 aliphatic heterocycles. The third kappa shape index (κ3) is 3.86. The highest BCUT2D eigenvalue weighted by molar-refractivity contribution is 7.07. The molecule has 9 heteroatoms. The van der Waals surface area contributed by atoms with E-state index in [0.29, 0.717) is 11.6 Å². The van der Waals surface area contributed by atoms with E-state index >= 15 is 0 Å². The maximum absolute atomic E-state index is 13.0. The van der Waals surface area contributed by atoms with E-state index in [2.05, 4.69) is 32.4 Å². The van der Waals surface area contributed by atoms with Gasteiger partial charge in [0.2, 0.25) is 5.91 Å². The molecule has 0 bridgehead atoms. The number of aryl methyl sites for hydroxylation is 1. The van der Waals surface area contributed by atoms with E-state index in [4.69, 9.17) is 9.47 Å². The average Bonchev–Trinajstić information content (AvgIpc) is 3.15. The van der Waals surface area contributed by atoms with Crippen LogP contribution in [0.1, 0.15) is 23.2 Å². The quantitative estimate of drug-likeness (QED) is 0.241. The third-order valence-corrected chi connectivity index (χ3v) is 7.99. The summed E-state index contributed by atoms with van der Waals surface area (Å²) in [5, 5.41) is 16.0. The molecule has 8 nitrogen and oxygen atoms in total. The summed E-state index contributed by atoms with van der Waals surface area (Å²) in [7, 11) is 3.27. The fraction of sp³-hybridized carbons (Fsp3) is 0.207. The molecular weight excluding hydrogens is 498 g/mol. The Kier molecular flexibility index (Phi) is 5.80. The van der Waals surface area contributed by atoms with Crippen molar-refractivity contribution in [2.75, 3.05) is 24.9 Å². The lowest BCUT2D eigenvalue weighted by atomic mass is 9.92. The lowest BCUT2D eigenvalue weighted by molar-refractivity contribution is -0.118. The Morgan fingerprint density at radius 3 is 2.87 bits per heavy atom. The number of nitrogens with one attached hydrogen (secondary N) is 3. The molecule has 0 unspecified atom stereocenters. The Morgan fingerprint density at radius 1 is 1.24 bits per heavy atom. The summed E-state index contributed by atoms with van der Waals surface area (Å²) in [4.78, 5) is 17.4. The predicted octanol–water partition coefficient (Wildman–Crippen LogP) is 6.08. The van der Waals surface area contributed by atoms with Crippen LogP contribution in [0.4, 0.5) is 17.2 Å². The standard InChI is InChI=1S/C29H27N5O3S/c1-16(22-13-29(22)21-12-19(36-3)7-9-23(21)32-28(29)35)5-8-20-17(2)33-34-27(20)31-24-11-18(6-10-26(24)37-4)25-14-38-15-30-25/h5-12,14-15,22H,1,13H2,2-4H3,(H,32,35)(H2,31,33,34)/b8-5-/t22-,29-/m0/s1. The molecule has 0 saturated heterocycles. The summed E-state index contributed by atoms with van der Waals surface area (Å²) in [5.74, 6) is 2.15. The first-order valence-electron chi connectivity index (χ1n) is 12.2. The zero-order chi connectivity index (χ0) is 26.4. The maximum Gasteiger partial charge on any atom is 0.235 e. The monoisotopic (exact) mass is 525 g/mol. The van der Waals surface area contributed by atoms with Crippen LogP contribution in [-0.2, 0) is 10.2 Å². The summed E-state index contributed by atoms with van der Waals surface area (Å²) < 4.78 is 11.0. The molecule has 6 rings (SSSR count). The number of rotatable bonds is 8. The molecule has 1 amide bonds. The van der Waals surface area contributed by atoms with E-state index in [1.807, 2.05) is 66.4 Å². The largest absolute Gasteiger partial charge is 0.497 e. The molecule has 1 saturated carbocycles. The first kappa shape index (κ1) is 24.0. The molecule has 3 N–H and O–H groups in total. The average molecular weight is 526 g/mol. The normalized spacial score (nSPS) is 19.4. The zero-order valence-electron chi connectivity index (χ0n) is 21.3. The van der Waals surface area contributed by atoms with Crippen LogP contribution in [0.15, 0.2) is 65.5 Å². The van der Waals surface area contributed by atoms with Crippen molar-refractivity contribution in [1.29, 1.82) is 0 Å². The van der Waals surface area contributed by atoms with E-state index in [9.17, 15) is 4.79 Å². The van der Waals surface area contributed by atoms with Crippen molar-refractivity contribution in [2.45, 2.75) is 18.8 Å². The Labute approximate surface area is 224 Å². The summed E-state index contributed by atoms with van der Waals surface area (Å²) in [6, 6.07) is 11.6. The van der Waals surface area contributed by atoms with Crippen LogP contribution in [-0.4, -0.2) is 35.3 Å². The van der Waals surface area contributed by atoms with Crippen LogP contribution < -0.4 is 20.1 Å². The van der Waals surface area contributed by atoms with Gasteiger partial charge in [-0.3, -0.25) is 9.89 Å². The van der Waals surface area contributed by atoms with Crippen LogP contribution in [0.2, 0.25) is 0 Å². The van der Waals surface area contributed by atoms with Crippen molar-refractivity contribution < 1.29 is 14.3 Å². The molecule has 1 fully saturated rings. The van der Waals surface area contributed by atoms with Gasteiger partial charge in [-0.15, -0.1) is 11.3 Å². The predicted molar refractivity (Wildman–Crippen MR) is 150 cm³/mol. The fourth-order valence-electron chi connectivity index (χ4n) is 5.24. The van der Waals surface area contributed by atoms with Crippen LogP contribution in [0.5, 0.6) is 11.5 Å². The number of allylic oxidation sites excluding steroid dienone is 2. The molecule has 0 radical (unpaired) electrons. The number of anilines is 3. The number of H-pyrrole nitrogens is 1. The summed E-state index contributed by atoms with van der Waals surface area (Å²) >= 11 is 1.55. The van der Waals surface area contributed by atoms with E-state index in [1.54, 1.807) is 25.6 Å². The number of aromatic amines is 1. The Bertz CT molecular complexity index is 1590. The van der Waals surface area contributed by atoms with Crippen molar-refractivity contribution in [1.82, 2.24) is 15.2 Å². The van der Waals surface area contributed by atoms with E-state index in [0.717, 1.165) is 57.2 Å². The second-order valence-electron chi connectivity index (χ2n) is 9.53. The number of hydrogen-bond acceptors (Lipinski definition) is 7. The Balaban J connectivity index is 1.25. The van der Waals surface area contributed by atoms with E-state index in [-0.39, 0.29) is 11.8 Å². The van der Waals surface area contributed by atoms with Gasteiger partial charge >= 0.3 is 0 Å². The summed E-state index contributed by atoms with van der Waals surface area (Å²) in [6.45, 7) is 6.29. The molecule has 1 spiro atoms. The first-order valence-corrected chi connectivity index (χ1v) is 13.1. The number of benzene rings is 2. The van der Waals surface area contributed by atoms with Gasteiger partial charge in [0.25, 0.3) is 0 Å². The van der Waals surface area contributed by atoms with Crippen molar-refractivity contribution in [3.05, 3.63) is 82.3 Å². The smallest absolute Gasteiger partial charge is 0.235 e. The van der Waals surface area contributed by atoms with E-state index in [1.165, 1.54) is 0 Å². The molecule has 4 aromatic rings. The molecule has 1 aliphatic carbocycles. The number of fused-ring (bicyclic) bond motifs is 2. The molecule has 2 aliphatic rings. The molecule has 38 heavy (non-hydrogen) atoms. The van der Waals surface area contributed by atoms with Gasteiger partial charge in [-0.1, -0.05) is 18.2 Å². The van der Waals surface area contributed by atoms with Gasteiger partial charge in [-0.2, -0.15) is 5.10 Å². The second-order valence-corrected chi connectivity index (χ2v) is 10.2. The lowest BCUT2D eigenvalue weighted by Crippen LogP contribution is -2.21. The Morgan fingerprint density at radius 2 is 2.11 bits per heavy atom. The van der Waals surface area contributed by atoms with Gasteiger partial charge in [0, 0.05) is 33.8 Å². The summed E-state index contributed by atoms with van der Waals surface area (Å²) in [6.07, 6.45) is 4.70. The van der Waals surface area contributed by atoms with Gasteiger partial charge in [0.05, 0.1) is 36.5 Å². The topological polar surface area (TPSA) is 101 Å². The second kappa shape index (κ2) is 9.18. The highest BCUT2D eigenvalue weighted by Crippen LogP contribution is 2.63. The number of nitrogens with zero attached hydrogens (tertiary/aromatic N) is 2. The van der Waals surface area contributed by atoms with Crippen molar-refractivity contribution in [2.24, 2.45) is 5.92 Å². The number of amides is 1. The zero-order valence-corrected chi connectivity index (χ0v) is 22.1. The van der Waals surface area contributed by atoms with Crippen molar-refractivity contribution >= 4 is 40.5 Å². The van der Waals surface area contributed by atoms with Gasteiger partial charge < -0.3 is 20.1 Å². The van der Waals surface area contributed by atoms with Crippen LogP contribution in [0.3, 0.4) is 0 Å². The minimum Gasteiger partial charge on any atom is -0.497 e.